The Morgan fingerprint density at radius 1 is 1.32 bits per heavy atom. The minimum absolute atomic E-state index is 0.119. The lowest BCUT2D eigenvalue weighted by Crippen LogP contribution is -2.02. The van der Waals surface area contributed by atoms with Crippen LogP contribution in [0.5, 0.6) is 0 Å². The van der Waals surface area contributed by atoms with Gasteiger partial charge in [0, 0.05) is 17.3 Å². The second-order valence-corrected chi connectivity index (χ2v) is 5.05. The Kier molecular flexibility index (Phi) is 3.90. The van der Waals surface area contributed by atoms with Gasteiger partial charge in [0.1, 0.15) is 5.76 Å². The molecule has 0 spiro atoms. The molecule has 0 aliphatic heterocycles. The molecule has 1 heterocycles. The van der Waals surface area contributed by atoms with Gasteiger partial charge in [0.15, 0.2) is 4.67 Å². The highest BCUT2D eigenvalue weighted by atomic mass is 79.9. The summed E-state index contributed by atoms with van der Waals surface area (Å²) in [5.41, 5.74) is 2.49. The molecular weight excluding hydrogens is 312 g/mol. The maximum atomic E-state index is 10.9. The van der Waals surface area contributed by atoms with Gasteiger partial charge in [-0.05, 0) is 53.5 Å². The topological polar surface area (TPSA) is 68.3 Å². The average molecular weight is 325 g/mol. The van der Waals surface area contributed by atoms with Gasteiger partial charge in [0.05, 0.1) is 11.5 Å². The predicted molar refractivity (Wildman–Crippen MR) is 76.3 cm³/mol. The Labute approximate surface area is 118 Å². The third-order valence-electron chi connectivity index (χ3n) is 2.82. The molecule has 1 aromatic heterocycles. The number of aryl methyl sites for hydroxylation is 2. The molecule has 100 valence electrons. The fourth-order valence-corrected chi connectivity index (χ4v) is 2.20. The van der Waals surface area contributed by atoms with Crippen molar-refractivity contribution < 1.29 is 9.34 Å². The first kappa shape index (κ1) is 13.6. The van der Waals surface area contributed by atoms with Crippen molar-refractivity contribution in [3.8, 4) is 0 Å². The maximum absolute atomic E-state index is 10.9. The molecule has 0 saturated heterocycles. The zero-order valence-corrected chi connectivity index (χ0v) is 12.2. The average Bonchev–Trinajstić information content (AvgIpc) is 2.73. The zero-order valence-electron chi connectivity index (χ0n) is 10.6. The first-order chi connectivity index (χ1) is 8.97. The molecule has 0 aliphatic carbocycles. The van der Waals surface area contributed by atoms with Crippen LogP contribution >= 0.6 is 15.9 Å². The molecule has 0 radical (unpaired) electrons. The molecule has 1 N–H and O–H groups in total. The molecule has 0 fully saturated rings. The second-order valence-electron chi connectivity index (χ2n) is 4.27. The van der Waals surface area contributed by atoms with Gasteiger partial charge in [0.25, 0.3) is 5.69 Å². The maximum Gasteiger partial charge on any atom is 0.274 e. The quantitative estimate of drug-likeness (QED) is 0.676. The number of benzene rings is 1. The number of nitrogens with zero attached hydrogens (tertiary/aromatic N) is 1. The van der Waals surface area contributed by atoms with Gasteiger partial charge in [-0.3, -0.25) is 10.1 Å². The first-order valence-corrected chi connectivity index (χ1v) is 6.50. The molecule has 2 aromatic rings. The Morgan fingerprint density at radius 3 is 2.63 bits per heavy atom. The van der Waals surface area contributed by atoms with E-state index in [1.54, 1.807) is 19.1 Å². The van der Waals surface area contributed by atoms with E-state index in [4.69, 9.17) is 4.42 Å². The molecule has 19 heavy (non-hydrogen) atoms. The summed E-state index contributed by atoms with van der Waals surface area (Å²) in [5, 5.41) is 14.1. The monoisotopic (exact) mass is 324 g/mol. The van der Waals surface area contributed by atoms with E-state index in [2.05, 4.69) is 21.2 Å². The van der Waals surface area contributed by atoms with E-state index in [-0.39, 0.29) is 10.6 Å². The van der Waals surface area contributed by atoms with Crippen molar-refractivity contribution in [2.45, 2.75) is 20.4 Å². The van der Waals surface area contributed by atoms with Crippen LogP contribution in [0.2, 0.25) is 0 Å². The van der Waals surface area contributed by atoms with Crippen molar-refractivity contribution in [2.24, 2.45) is 0 Å². The van der Waals surface area contributed by atoms with Crippen LogP contribution in [0.4, 0.5) is 11.4 Å². The van der Waals surface area contributed by atoms with Crippen LogP contribution in [-0.4, -0.2) is 4.92 Å². The number of hydrogen-bond donors (Lipinski definition) is 1. The van der Waals surface area contributed by atoms with E-state index in [0.717, 1.165) is 17.0 Å². The van der Waals surface area contributed by atoms with E-state index in [1.807, 2.05) is 19.1 Å². The normalized spacial score (nSPS) is 10.5. The largest absolute Gasteiger partial charge is 0.452 e. The molecule has 2 rings (SSSR count). The summed E-state index contributed by atoms with van der Waals surface area (Å²) in [6.45, 7) is 4.13. The zero-order chi connectivity index (χ0) is 14.0. The molecule has 0 amide bonds. The van der Waals surface area contributed by atoms with Crippen LogP contribution in [-0.2, 0) is 6.54 Å². The number of anilines is 1. The minimum atomic E-state index is -0.372. The number of furan rings is 1. The summed E-state index contributed by atoms with van der Waals surface area (Å²) in [7, 11) is 0. The molecule has 0 aliphatic rings. The van der Waals surface area contributed by atoms with Gasteiger partial charge >= 0.3 is 0 Å². The predicted octanol–water partition coefficient (Wildman–Crippen LogP) is 4.18. The van der Waals surface area contributed by atoms with E-state index < -0.39 is 0 Å². The summed E-state index contributed by atoms with van der Waals surface area (Å²) < 4.78 is 6.03. The number of nitro groups is 1. The molecular formula is C13H13BrN2O3. The van der Waals surface area contributed by atoms with Crippen molar-refractivity contribution in [1.82, 2.24) is 0 Å². The van der Waals surface area contributed by atoms with Crippen LogP contribution in [0.3, 0.4) is 0 Å². The third kappa shape index (κ3) is 3.14. The highest BCUT2D eigenvalue weighted by molar-refractivity contribution is 9.10. The number of halogens is 1. The van der Waals surface area contributed by atoms with E-state index in [0.29, 0.717) is 16.8 Å². The van der Waals surface area contributed by atoms with Gasteiger partial charge < -0.3 is 9.73 Å². The molecule has 0 atom stereocenters. The van der Waals surface area contributed by atoms with Gasteiger partial charge in [-0.2, -0.15) is 0 Å². The fraction of sp³-hybridized carbons (Fsp3) is 0.231. The summed E-state index contributed by atoms with van der Waals surface area (Å²) in [4.78, 5) is 10.5. The van der Waals surface area contributed by atoms with E-state index in [1.165, 1.54) is 0 Å². The van der Waals surface area contributed by atoms with Gasteiger partial charge in [-0.25, -0.2) is 0 Å². The summed E-state index contributed by atoms with van der Waals surface area (Å²) in [6.07, 6.45) is 0. The van der Waals surface area contributed by atoms with Gasteiger partial charge in [0.2, 0.25) is 0 Å². The third-order valence-corrected chi connectivity index (χ3v) is 3.25. The fourth-order valence-electron chi connectivity index (χ4n) is 1.86. The molecule has 1 aromatic carbocycles. The number of hydrogen-bond acceptors (Lipinski definition) is 4. The smallest absolute Gasteiger partial charge is 0.274 e. The highest BCUT2D eigenvalue weighted by Gasteiger charge is 2.13. The summed E-state index contributed by atoms with van der Waals surface area (Å²) in [5.74, 6) is 0.759. The highest BCUT2D eigenvalue weighted by Crippen LogP contribution is 2.27. The number of rotatable bonds is 4. The van der Waals surface area contributed by atoms with Crippen LogP contribution in [0.15, 0.2) is 33.4 Å². The Balaban J connectivity index is 2.20. The lowest BCUT2D eigenvalue weighted by atomic mass is 10.1. The van der Waals surface area contributed by atoms with Crippen molar-refractivity contribution in [3.05, 3.63) is 55.9 Å². The molecule has 0 bridgehead atoms. The second kappa shape index (κ2) is 5.44. The van der Waals surface area contributed by atoms with Crippen molar-refractivity contribution in [3.63, 3.8) is 0 Å². The van der Waals surface area contributed by atoms with Gasteiger partial charge in [-0.15, -0.1) is 0 Å². The number of nitrogens with one attached hydrogen (secondary N) is 1. The molecule has 5 nitrogen and oxygen atoms in total. The standard InChI is InChI=1S/C13H13BrN2O3/c1-8-5-9(2)12(16(17)18)6-11(8)15-7-10-3-4-13(14)19-10/h3-6,15H,7H2,1-2H3. The van der Waals surface area contributed by atoms with Crippen molar-refractivity contribution in [1.29, 1.82) is 0 Å². The number of nitro benzene ring substituents is 1. The van der Waals surface area contributed by atoms with Crippen molar-refractivity contribution in [2.75, 3.05) is 5.32 Å². The van der Waals surface area contributed by atoms with Gasteiger partial charge in [-0.1, -0.05) is 0 Å². The molecule has 0 saturated carbocycles. The van der Waals surface area contributed by atoms with E-state index in [9.17, 15) is 10.1 Å². The lowest BCUT2D eigenvalue weighted by molar-refractivity contribution is -0.385. The van der Waals surface area contributed by atoms with Crippen LogP contribution < -0.4 is 5.32 Å². The Bertz CT molecular complexity index is 622. The Morgan fingerprint density at radius 2 is 2.05 bits per heavy atom. The van der Waals surface area contributed by atoms with Crippen LogP contribution in [0.25, 0.3) is 0 Å². The SMILES string of the molecule is Cc1cc(C)c([N+](=O)[O-])cc1NCc1ccc(Br)o1. The van der Waals surface area contributed by atoms with Crippen LogP contribution in [0.1, 0.15) is 16.9 Å². The van der Waals surface area contributed by atoms with Crippen molar-refractivity contribution >= 4 is 27.3 Å². The van der Waals surface area contributed by atoms with Crippen LogP contribution in [0, 0.1) is 24.0 Å². The Hall–Kier alpha value is -1.82. The molecule has 6 heteroatoms. The summed E-state index contributed by atoms with van der Waals surface area (Å²) >= 11 is 3.23. The molecule has 0 unspecified atom stereocenters. The first-order valence-electron chi connectivity index (χ1n) is 5.71. The lowest BCUT2D eigenvalue weighted by Gasteiger charge is -2.09. The van der Waals surface area contributed by atoms with E-state index >= 15 is 0 Å². The summed E-state index contributed by atoms with van der Waals surface area (Å²) in [6, 6.07) is 7.01. The minimum Gasteiger partial charge on any atom is -0.452 e.